The molecular formula is C32H44O4Si. The first kappa shape index (κ1) is 29.1. The maximum Gasteiger partial charge on any atom is 0.261 e. The zero-order valence-electron chi connectivity index (χ0n) is 23.2. The quantitative estimate of drug-likeness (QED) is 0.211. The van der Waals surface area contributed by atoms with Gasteiger partial charge in [-0.25, -0.2) is 0 Å². The predicted octanol–water partition coefficient (Wildman–Crippen LogP) is 5.96. The van der Waals surface area contributed by atoms with Crippen LogP contribution in [0.25, 0.3) is 0 Å². The molecule has 0 bridgehead atoms. The molecule has 0 aliphatic carbocycles. The summed E-state index contributed by atoms with van der Waals surface area (Å²) in [5.41, 5.74) is 1.12. The topological polar surface area (TPSA) is 47.9 Å². The largest absolute Gasteiger partial charge is 0.497 e. The lowest BCUT2D eigenvalue weighted by molar-refractivity contribution is -0.00889. The lowest BCUT2D eigenvalue weighted by Gasteiger charge is -2.43. The van der Waals surface area contributed by atoms with E-state index in [1.54, 1.807) is 7.11 Å². The molecule has 0 heterocycles. The zero-order chi connectivity index (χ0) is 26.7. The number of ether oxygens (including phenoxy) is 2. The second-order valence-electron chi connectivity index (χ2n) is 10.8. The third kappa shape index (κ3) is 7.54. The Balaban J connectivity index is 1.73. The third-order valence-corrected chi connectivity index (χ3v) is 12.3. The van der Waals surface area contributed by atoms with E-state index in [0.29, 0.717) is 13.2 Å². The maximum atomic E-state index is 9.56. The van der Waals surface area contributed by atoms with E-state index in [0.717, 1.165) is 30.6 Å². The van der Waals surface area contributed by atoms with Gasteiger partial charge in [0.2, 0.25) is 0 Å². The van der Waals surface area contributed by atoms with Crippen molar-refractivity contribution < 1.29 is 19.0 Å². The van der Waals surface area contributed by atoms with Gasteiger partial charge in [-0.05, 0) is 58.3 Å². The number of aliphatic hydroxyl groups excluding tert-OH is 1. The van der Waals surface area contributed by atoms with Crippen LogP contribution in [0.5, 0.6) is 5.75 Å². The zero-order valence-corrected chi connectivity index (χ0v) is 24.2. The van der Waals surface area contributed by atoms with Crippen LogP contribution in [0.15, 0.2) is 84.9 Å². The number of hydrogen-bond acceptors (Lipinski definition) is 4. The third-order valence-electron chi connectivity index (χ3n) is 7.21. The van der Waals surface area contributed by atoms with E-state index in [4.69, 9.17) is 13.9 Å². The molecule has 0 unspecified atom stereocenters. The molecule has 2 atom stereocenters. The van der Waals surface area contributed by atoms with Crippen molar-refractivity contribution >= 4 is 18.7 Å². The number of rotatable bonds is 14. The summed E-state index contributed by atoms with van der Waals surface area (Å²) in [6.45, 7) is 10.5. The van der Waals surface area contributed by atoms with Gasteiger partial charge in [0.1, 0.15) is 5.75 Å². The Bertz CT molecular complexity index is 992. The highest BCUT2D eigenvalue weighted by Crippen LogP contribution is 2.37. The van der Waals surface area contributed by atoms with Gasteiger partial charge in [0, 0.05) is 13.2 Å². The van der Waals surface area contributed by atoms with Gasteiger partial charge < -0.3 is 19.0 Å². The first-order valence-corrected chi connectivity index (χ1v) is 15.3. The van der Waals surface area contributed by atoms with Gasteiger partial charge in [0.05, 0.1) is 19.8 Å². The molecule has 4 nitrogen and oxygen atoms in total. The van der Waals surface area contributed by atoms with E-state index < -0.39 is 8.32 Å². The first-order valence-electron chi connectivity index (χ1n) is 13.4. The standard InChI is InChI=1S/C32H44O4Si/c1-26(22-23-33)31(35-25-27-18-20-28(34-5)21-19-27)17-12-24-36-37(32(2,3)4,29-13-8-6-9-14-29)30-15-10-7-11-16-30/h6-11,13-16,18-21,26,31,33H,12,17,22-25H2,1-5H3/t26-,31+/m0/s1. The van der Waals surface area contributed by atoms with E-state index in [1.807, 2.05) is 24.3 Å². The summed E-state index contributed by atoms with van der Waals surface area (Å²) < 4.78 is 18.7. The van der Waals surface area contributed by atoms with E-state index >= 15 is 0 Å². The van der Waals surface area contributed by atoms with Crippen molar-refractivity contribution in [3.8, 4) is 5.75 Å². The van der Waals surface area contributed by atoms with E-state index in [9.17, 15) is 5.11 Å². The average Bonchev–Trinajstić information content (AvgIpc) is 2.91. The Morgan fingerprint density at radius 2 is 1.38 bits per heavy atom. The minimum Gasteiger partial charge on any atom is -0.497 e. The van der Waals surface area contributed by atoms with E-state index in [2.05, 4.69) is 88.4 Å². The highest BCUT2D eigenvalue weighted by molar-refractivity contribution is 6.99. The summed E-state index contributed by atoms with van der Waals surface area (Å²) in [5.74, 6) is 1.10. The molecule has 200 valence electrons. The molecule has 3 rings (SSSR count). The van der Waals surface area contributed by atoms with Crippen molar-refractivity contribution in [2.75, 3.05) is 20.3 Å². The molecule has 0 aliphatic rings. The van der Waals surface area contributed by atoms with Gasteiger partial charge >= 0.3 is 0 Å². The molecule has 0 fully saturated rings. The SMILES string of the molecule is COc1ccc(CO[C@H](CCCO[Si](c2ccccc2)(c2ccccc2)C(C)(C)C)[C@@H](C)CCO)cc1. The fourth-order valence-corrected chi connectivity index (χ4v) is 9.72. The number of hydrogen-bond donors (Lipinski definition) is 1. The van der Waals surface area contributed by atoms with Gasteiger partial charge in [0.25, 0.3) is 8.32 Å². The summed E-state index contributed by atoms with van der Waals surface area (Å²) in [6.07, 6.45) is 2.56. The smallest absolute Gasteiger partial charge is 0.261 e. The maximum absolute atomic E-state index is 9.56. The monoisotopic (exact) mass is 520 g/mol. The molecule has 37 heavy (non-hydrogen) atoms. The molecular weight excluding hydrogens is 476 g/mol. The number of benzene rings is 3. The lowest BCUT2D eigenvalue weighted by Crippen LogP contribution is -2.66. The molecule has 0 radical (unpaired) electrons. The normalized spacial score (nSPS) is 13.8. The highest BCUT2D eigenvalue weighted by atomic mass is 28.4. The Morgan fingerprint density at radius 3 is 1.86 bits per heavy atom. The molecule has 0 aliphatic heterocycles. The second kappa shape index (κ2) is 13.9. The fourth-order valence-electron chi connectivity index (χ4n) is 5.12. The van der Waals surface area contributed by atoms with Crippen LogP contribution in [-0.2, 0) is 15.8 Å². The van der Waals surface area contributed by atoms with Gasteiger partial charge in [0.15, 0.2) is 0 Å². The lowest BCUT2D eigenvalue weighted by atomic mass is 9.97. The van der Waals surface area contributed by atoms with Crippen molar-refractivity contribution in [3.63, 3.8) is 0 Å². The minimum atomic E-state index is -2.54. The number of methoxy groups -OCH3 is 1. The van der Waals surface area contributed by atoms with Crippen molar-refractivity contribution in [2.45, 2.75) is 64.7 Å². The van der Waals surface area contributed by atoms with Gasteiger partial charge in [-0.1, -0.05) is 100 Å². The van der Waals surface area contributed by atoms with Crippen LogP contribution in [0.3, 0.4) is 0 Å². The summed E-state index contributed by atoms with van der Waals surface area (Å²) in [7, 11) is -0.863. The van der Waals surface area contributed by atoms with Crippen molar-refractivity contribution in [1.29, 1.82) is 0 Å². The van der Waals surface area contributed by atoms with Crippen LogP contribution in [0.2, 0.25) is 5.04 Å². The molecule has 5 heteroatoms. The Morgan fingerprint density at radius 1 is 0.811 bits per heavy atom. The minimum absolute atomic E-state index is 0.0375. The predicted molar refractivity (Wildman–Crippen MR) is 155 cm³/mol. The van der Waals surface area contributed by atoms with Crippen LogP contribution >= 0.6 is 0 Å². The summed E-state index contributed by atoms with van der Waals surface area (Å²) in [4.78, 5) is 0. The van der Waals surface area contributed by atoms with E-state index in [1.165, 1.54) is 10.4 Å². The summed E-state index contributed by atoms with van der Waals surface area (Å²) in [5, 5.41) is 12.1. The summed E-state index contributed by atoms with van der Waals surface area (Å²) >= 11 is 0. The van der Waals surface area contributed by atoms with Crippen LogP contribution in [-0.4, -0.2) is 39.9 Å². The van der Waals surface area contributed by atoms with Crippen molar-refractivity contribution in [3.05, 3.63) is 90.5 Å². The molecule has 3 aromatic rings. The Hall–Kier alpha value is -2.44. The van der Waals surface area contributed by atoms with Crippen molar-refractivity contribution in [1.82, 2.24) is 0 Å². The van der Waals surface area contributed by atoms with E-state index in [-0.39, 0.29) is 23.7 Å². The van der Waals surface area contributed by atoms with Gasteiger partial charge in [-0.15, -0.1) is 0 Å². The van der Waals surface area contributed by atoms with Crippen molar-refractivity contribution in [2.24, 2.45) is 5.92 Å². The first-order chi connectivity index (χ1) is 17.8. The molecule has 0 aromatic heterocycles. The van der Waals surface area contributed by atoms with Crippen LogP contribution in [0, 0.1) is 5.92 Å². The molecule has 1 N–H and O–H groups in total. The Kier molecular flexibility index (Phi) is 11.0. The fraction of sp³-hybridized carbons (Fsp3) is 0.438. The van der Waals surface area contributed by atoms with Crippen LogP contribution < -0.4 is 15.1 Å². The molecule has 0 saturated heterocycles. The van der Waals surface area contributed by atoms with Gasteiger partial charge in [-0.2, -0.15) is 0 Å². The molecule has 0 amide bonds. The van der Waals surface area contributed by atoms with Crippen LogP contribution in [0.1, 0.15) is 52.5 Å². The average molecular weight is 521 g/mol. The highest BCUT2D eigenvalue weighted by Gasteiger charge is 2.49. The number of aliphatic hydroxyl groups is 1. The van der Waals surface area contributed by atoms with Crippen LogP contribution in [0.4, 0.5) is 0 Å². The summed E-state index contributed by atoms with van der Waals surface area (Å²) in [6, 6.07) is 29.6. The molecule has 3 aromatic carbocycles. The Labute approximate surface area is 224 Å². The van der Waals surface area contributed by atoms with Gasteiger partial charge in [-0.3, -0.25) is 0 Å². The molecule has 0 saturated carbocycles. The molecule has 0 spiro atoms. The second-order valence-corrected chi connectivity index (χ2v) is 15.1.